The molecule has 0 saturated heterocycles. The van der Waals surface area contributed by atoms with E-state index in [0.29, 0.717) is 22.8 Å². The van der Waals surface area contributed by atoms with Gasteiger partial charge in [-0.3, -0.25) is 0 Å². The normalized spacial score (nSPS) is 12.7. The molecule has 0 aliphatic heterocycles. The summed E-state index contributed by atoms with van der Waals surface area (Å²) in [7, 11) is -0.124. The highest BCUT2D eigenvalue weighted by Crippen LogP contribution is 2.26. The van der Waals surface area contributed by atoms with Crippen LogP contribution < -0.4 is 14.8 Å². The number of rotatable bonds is 6. The van der Waals surface area contributed by atoms with E-state index in [9.17, 15) is 8.42 Å². The van der Waals surface area contributed by atoms with Crippen LogP contribution in [-0.4, -0.2) is 35.2 Å². The van der Waals surface area contributed by atoms with Crippen LogP contribution in [0.1, 0.15) is 18.1 Å². The summed E-state index contributed by atoms with van der Waals surface area (Å²) in [6.07, 6.45) is 0. The van der Waals surface area contributed by atoms with Crippen molar-refractivity contribution in [2.45, 2.75) is 31.7 Å². The fraction of sp³-hybridized carbons (Fsp3) is 0.538. The molecular weight excluding hydrogens is 300 g/mol. The van der Waals surface area contributed by atoms with Crippen molar-refractivity contribution in [2.24, 2.45) is 0 Å². The molecule has 0 amide bonds. The molecule has 7 heteroatoms. The van der Waals surface area contributed by atoms with Crippen LogP contribution in [-0.2, 0) is 10.0 Å². The van der Waals surface area contributed by atoms with Gasteiger partial charge in [-0.2, -0.15) is 0 Å². The minimum absolute atomic E-state index is 0. The molecule has 0 aliphatic rings. The lowest BCUT2D eigenvalue weighted by molar-refractivity contribution is 0.410. The Bertz CT molecular complexity index is 547. The van der Waals surface area contributed by atoms with Gasteiger partial charge >= 0.3 is 0 Å². The van der Waals surface area contributed by atoms with Crippen molar-refractivity contribution in [1.82, 2.24) is 10.0 Å². The van der Waals surface area contributed by atoms with Crippen molar-refractivity contribution in [2.75, 3.05) is 20.7 Å². The molecular formula is C13H23ClN2O3S. The molecule has 116 valence electrons. The predicted octanol–water partition coefficient (Wildman–Crippen LogP) is 1.62. The van der Waals surface area contributed by atoms with E-state index >= 15 is 0 Å². The van der Waals surface area contributed by atoms with Crippen LogP contribution in [0.4, 0.5) is 0 Å². The van der Waals surface area contributed by atoms with Gasteiger partial charge in [0.05, 0.1) is 12.0 Å². The second-order valence-electron chi connectivity index (χ2n) is 4.56. The van der Waals surface area contributed by atoms with E-state index in [4.69, 9.17) is 4.74 Å². The third-order valence-electron chi connectivity index (χ3n) is 3.27. The fourth-order valence-electron chi connectivity index (χ4n) is 1.70. The summed E-state index contributed by atoms with van der Waals surface area (Å²) in [4.78, 5) is 0.300. The molecule has 1 aromatic carbocycles. The highest BCUT2D eigenvalue weighted by atomic mass is 35.5. The maximum absolute atomic E-state index is 12.2. The Labute approximate surface area is 127 Å². The lowest BCUT2D eigenvalue weighted by Crippen LogP contribution is -2.37. The topological polar surface area (TPSA) is 67.4 Å². The highest BCUT2D eigenvalue weighted by Gasteiger charge is 2.19. The standard InChI is InChI=1S/C13H22N2O3S.ClH/c1-9(14-4)8-15-19(16,17)13-7-6-12(18-5)10(2)11(13)3;/h6-7,9,14-15H,8H2,1-5H3;1H. The highest BCUT2D eigenvalue weighted by molar-refractivity contribution is 7.89. The molecule has 0 spiro atoms. The molecule has 0 fully saturated rings. The van der Waals surface area contributed by atoms with Crippen molar-refractivity contribution in [3.8, 4) is 5.75 Å². The summed E-state index contributed by atoms with van der Waals surface area (Å²) < 4.78 is 32.3. The summed E-state index contributed by atoms with van der Waals surface area (Å²) in [5.74, 6) is 0.694. The van der Waals surface area contributed by atoms with Crippen molar-refractivity contribution in [3.63, 3.8) is 0 Å². The average molecular weight is 323 g/mol. The molecule has 2 N–H and O–H groups in total. The van der Waals surface area contributed by atoms with Gasteiger partial charge in [-0.25, -0.2) is 13.1 Å². The molecule has 0 heterocycles. The van der Waals surface area contributed by atoms with Gasteiger partial charge in [-0.15, -0.1) is 12.4 Å². The summed E-state index contributed by atoms with van der Waals surface area (Å²) in [5, 5.41) is 2.99. The fourth-order valence-corrected chi connectivity index (χ4v) is 3.13. The minimum Gasteiger partial charge on any atom is -0.496 e. The smallest absolute Gasteiger partial charge is 0.240 e. The molecule has 1 aromatic rings. The molecule has 0 aromatic heterocycles. The molecule has 20 heavy (non-hydrogen) atoms. The largest absolute Gasteiger partial charge is 0.496 e. The van der Waals surface area contributed by atoms with E-state index in [1.165, 1.54) is 0 Å². The number of hydrogen-bond donors (Lipinski definition) is 2. The molecule has 1 unspecified atom stereocenters. The average Bonchev–Trinajstić information content (AvgIpc) is 2.38. The van der Waals surface area contributed by atoms with Crippen molar-refractivity contribution in [3.05, 3.63) is 23.3 Å². The molecule has 0 radical (unpaired) electrons. The second-order valence-corrected chi connectivity index (χ2v) is 6.29. The van der Waals surface area contributed by atoms with E-state index in [-0.39, 0.29) is 18.4 Å². The molecule has 1 atom stereocenters. The summed E-state index contributed by atoms with van der Waals surface area (Å²) in [6.45, 7) is 5.90. The zero-order valence-corrected chi connectivity index (χ0v) is 14.1. The number of benzene rings is 1. The Hall–Kier alpha value is -0.820. The lowest BCUT2D eigenvalue weighted by Gasteiger charge is -2.15. The van der Waals surface area contributed by atoms with Gasteiger partial charge in [0.15, 0.2) is 0 Å². The number of hydrogen-bond acceptors (Lipinski definition) is 4. The minimum atomic E-state index is -3.49. The van der Waals surface area contributed by atoms with Crippen molar-refractivity contribution >= 4 is 22.4 Å². The second kappa shape index (κ2) is 7.83. The van der Waals surface area contributed by atoms with Gasteiger partial charge in [0.2, 0.25) is 10.0 Å². The predicted molar refractivity (Wildman–Crippen MR) is 83.4 cm³/mol. The van der Waals surface area contributed by atoms with E-state index < -0.39 is 10.0 Å². The molecule has 0 saturated carbocycles. The van der Waals surface area contributed by atoms with Crippen molar-refractivity contribution < 1.29 is 13.2 Å². The number of likely N-dealkylation sites (N-methyl/N-ethyl adjacent to an activating group) is 1. The summed E-state index contributed by atoms with van der Waals surface area (Å²) in [5.41, 5.74) is 1.55. The number of ether oxygens (including phenoxy) is 1. The maximum Gasteiger partial charge on any atom is 0.240 e. The van der Waals surface area contributed by atoms with Crippen LogP contribution in [0, 0.1) is 13.8 Å². The van der Waals surface area contributed by atoms with Gasteiger partial charge in [0, 0.05) is 12.6 Å². The van der Waals surface area contributed by atoms with Gasteiger partial charge in [0.1, 0.15) is 5.75 Å². The molecule has 0 bridgehead atoms. The van der Waals surface area contributed by atoms with Crippen LogP contribution >= 0.6 is 12.4 Å². The SMILES string of the molecule is CNC(C)CNS(=O)(=O)c1ccc(OC)c(C)c1C.Cl. The number of sulfonamides is 1. The summed E-state index contributed by atoms with van der Waals surface area (Å²) >= 11 is 0. The van der Waals surface area contributed by atoms with Crippen LogP contribution in [0.5, 0.6) is 5.75 Å². The Morgan fingerprint density at radius 1 is 1.25 bits per heavy atom. The maximum atomic E-state index is 12.2. The number of halogens is 1. The van der Waals surface area contributed by atoms with Gasteiger partial charge in [-0.1, -0.05) is 0 Å². The number of nitrogens with one attached hydrogen (secondary N) is 2. The zero-order valence-electron chi connectivity index (χ0n) is 12.5. The first-order valence-corrected chi connectivity index (χ1v) is 7.63. The quantitative estimate of drug-likeness (QED) is 0.835. The molecule has 5 nitrogen and oxygen atoms in total. The van der Waals surface area contributed by atoms with E-state index in [0.717, 1.165) is 5.56 Å². The Kier molecular flexibility index (Phi) is 7.51. The van der Waals surface area contributed by atoms with Gasteiger partial charge in [0.25, 0.3) is 0 Å². The van der Waals surface area contributed by atoms with Gasteiger partial charge in [-0.05, 0) is 51.1 Å². The first-order valence-electron chi connectivity index (χ1n) is 6.14. The summed E-state index contributed by atoms with van der Waals surface area (Å²) in [6, 6.07) is 3.33. The first-order chi connectivity index (χ1) is 8.83. The van der Waals surface area contributed by atoms with Crippen LogP contribution in [0.25, 0.3) is 0 Å². The van der Waals surface area contributed by atoms with Crippen LogP contribution in [0.3, 0.4) is 0 Å². The van der Waals surface area contributed by atoms with Crippen LogP contribution in [0.15, 0.2) is 17.0 Å². The van der Waals surface area contributed by atoms with E-state index in [2.05, 4.69) is 10.0 Å². The van der Waals surface area contributed by atoms with E-state index in [1.807, 2.05) is 13.8 Å². The lowest BCUT2D eigenvalue weighted by atomic mass is 10.1. The van der Waals surface area contributed by atoms with Gasteiger partial charge < -0.3 is 10.1 Å². The van der Waals surface area contributed by atoms with Crippen LogP contribution in [0.2, 0.25) is 0 Å². The monoisotopic (exact) mass is 322 g/mol. The molecule has 1 rings (SSSR count). The Morgan fingerprint density at radius 2 is 1.85 bits per heavy atom. The van der Waals surface area contributed by atoms with Crippen molar-refractivity contribution in [1.29, 1.82) is 0 Å². The number of methoxy groups -OCH3 is 1. The first kappa shape index (κ1) is 19.2. The van der Waals surface area contributed by atoms with E-state index in [1.54, 1.807) is 33.2 Å². The Morgan fingerprint density at radius 3 is 2.35 bits per heavy atom. The molecule has 0 aliphatic carbocycles. The third-order valence-corrected chi connectivity index (χ3v) is 4.84. The zero-order chi connectivity index (χ0) is 14.6. The third kappa shape index (κ3) is 4.34. The Balaban J connectivity index is 0.00000361.